The van der Waals surface area contributed by atoms with E-state index in [0.29, 0.717) is 12.2 Å². The first-order valence-electron chi connectivity index (χ1n) is 14.0. The van der Waals surface area contributed by atoms with Crippen LogP contribution in [-0.4, -0.2) is 71.2 Å². The molecule has 208 valence electrons. The van der Waals surface area contributed by atoms with Gasteiger partial charge in [-0.3, -0.25) is 14.4 Å². The van der Waals surface area contributed by atoms with Crippen molar-refractivity contribution in [3.05, 3.63) is 97.1 Å². The van der Waals surface area contributed by atoms with E-state index in [1.54, 1.807) is 9.80 Å². The minimum Gasteiger partial charge on any atom is -0.395 e. The Balaban J connectivity index is 1.33. The fraction of sp³-hybridized carbons (Fsp3) is 0.303. The second kappa shape index (κ2) is 9.39. The smallest absolute Gasteiger partial charge is 0.253 e. The van der Waals surface area contributed by atoms with Crippen LogP contribution in [0.15, 0.2) is 97.1 Å². The number of ether oxygens (including phenoxy) is 1. The first-order chi connectivity index (χ1) is 19.9. The van der Waals surface area contributed by atoms with Gasteiger partial charge in [-0.25, -0.2) is 0 Å². The number of para-hydroxylation sites is 1. The lowest BCUT2D eigenvalue weighted by Gasteiger charge is -2.37. The van der Waals surface area contributed by atoms with Gasteiger partial charge in [-0.2, -0.15) is 0 Å². The predicted molar refractivity (Wildman–Crippen MR) is 155 cm³/mol. The Bertz CT molecular complexity index is 1620. The molecule has 3 aromatic rings. The van der Waals surface area contributed by atoms with Crippen molar-refractivity contribution in [2.24, 2.45) is 11.8 Å². The molecule has 0 aliphatic carbocycles. The van der Waals surface area contributed by atoms with Crippen LogP contribution < -0.4 is 9.80 Å². The first-order valence-corrected chi connectivity index (χ1v) is 14.0. The summed E-state index contributed by atoms with van der Waals surface area (Å²) in [6, 6.07) is 22.1. The maximum absolute atomic E-state index is 14.5. The number of carbonyl (C=O) groups excluding carboxylic acids is 3. The number of nitrogens with zero attached hydrogens (tertiary/aromatic N) is 3. The molecule has 0 bridgehead atoms. The summed E-state index contributed by atoms with van der Waals surface area (Å²) in [7, 11) is 0. The van der Waals surface area contributed by atoms with Gasteiger partial charge in [-0.05, 0) is 42.0 Å². The van der Waals surface area contributed by atoms with Crippen LogP contribution in [0, 0.1) is 11.8 Å². The number of hydrogen-bond donors (Lipinski definition) is 1. The molecular formula is C33H31N3O5. The van der Waals surface area contributed by atoms with Gasteiger partial charge in [0.1, 0.15) is 11.6 Å². The Kier molecular flexibility index (Phi) is 5.88. The van der Waals surface area contributed by atoms with Crippen LogP contribution in [0.25, 0.3) is 10.8 Å². The van der Waals surface area contributed by atoms with Gasteiger partial charge in [0.15, 0.2) is 0 Å². The number of hydrogen-bond acceptors (Lipinski definition) is 5. The number of fused-ring (bicyclic) bond motifs is 3. The summed E-state index contributed by atoms with van der Waals surface area (Å²) in [6.45, 7) is 2.11. The van der Waals surface area contributed by atoms with E-state index >= 15 is 0 Å². The molecule has 1 N–H and O–H groups in total. The summed E-state index contributed by atoms with van der Waals surface area (Å²) in [5, 5.41) is 12.0. The lowest BCUT2D eigenvalue weighted by atomic mass is 9.74. The van der Waals surface area contributed by atoms with Gasteiger partial charge in [0.05, 0.1) is 24.0 Å². The van der Waals surface area contributed by atoms with Crippen molar-refractivity contribution < 1.29 is 24.2 Å². The third-order valence-corrected chi connectivity index (χ3v) is 9.01. The van der Waals surface area contributed by atoms with E-state index in [1.165, 1.54) is 4.90 Å². The summed E-state index contributed by atoms with van der Waals surface area (Å²) in [4.78, 5) is 47.8. The second-order valence-corrected chi connectivity index (χ2v) is 11.3. The third-order valence-electron chi connectivity index (χ3n) is 9.01. The molecule has 2 fully saturated rings. The molecular weight excluding hydrogens is 518 g/mol. The molecule has 0 aromatic heterocycles. The highest BCUT2D eigenvalue weighted by Gasteiger charge is 2.74. The number of β-amino-alcohol motifs (C(OH)–C–C–N with tert-alkyl or cyclic N) is 1. The topological polar surface area (TPSA) is 90.4 Å². The fourth-order valence-electron chi connectivity index (χ4n) is 7.29. The fourth-order valence-corrected chi connectivity index (χ4v) is 7.29. The zero-order valence-corrected chi connectivity index (χ0v) is 22.7. The summed E-state index contributed by atoms with van der Waals surface area (Å²) in [5.41, 5.74) is -1.03. The van der Waals surface area contributed by atoms with Gasteiger partial charge in [-0.15, -0.1) is 0 Å². The van der Waals surface area contributed by atoms with E-state index in [2.05, 4.69) is 0 Å². The molecule has 8 nitrogen and oxygen atoms in total. The average molecular weight is 550 g/mol. The summed E-state index contributed by atoms with van der Waals surface area (Å²) >= 11 is 0. The summed E-state index contributed by atoms with van der Waals surface area (Å²) in [6.07, 6.45) is 7.46. The lowest BCUT2D eigenvalue weighted by molar-refractivity contribution is -0.144. The molecule has 5 atom stereocenters. The monoisotopic (exact) mass is 549 g/mol. The molecule has 8 heteroatoms. The molecule has 1 unspecified atom stereocenters. The second-order valence-electron chi connectivity index (χ2n) is 11.3. The Morgan fingerprint density at radius 3 is 2.22 bits per heavy atom. The number of anilines is 2. The number of likely N-dealkylation sites (tertiary alicyclic amines) is 1. The average Bonchev–Trinajstić information content (AvgIpc) is 3.24. The maximum atomic E-state index is 14.5. The van der Waals surface area contributed by atoms with E-state index in [4.69, 9.17) is 4.74 Å². The third kappa shape index (κ3) is 3.71. The minimum absolute atomic E-state index is 0.0356. The van der Waals surface area contributed by atoms with Crippen LogP contribution in [0.1, 0.15) is 6.92 Å². The number of carbonyl (C=O) groups is 3. The van der Waals surface area contributed by atoms with Gasteiger partial charge in [-0.1, -0.05) is 72.8 Å². The van der Waals surface area contributed by atoms with Crippen molar-refractivity contribution in [3.8, 4) is 0 Å². The Hall–Kier alpha value is -4.27. The molecule has 4 aliphatic heterocycles. The molecule has 1 spiro atoms. The Morgan fingerprint density at radius 2 is 1.46 bits per heavy atom. The standard InChI is InChI=1S/C33H31N3O5/c1-32-15-7-17-34(24-11-3-2-4-12-24)29(38)26(32)27-30(39)36(19-20-37)28-31(40)35(18-8-16-33(27,28)41-32)25-14-13-22-9-5-6-10-23(22)21-25/h2-16,21,26-28,37H,17-20H2,1H3/t26-,27+,28?,32+,33+/m1/s1. The predicted octanol–water partition coefficient (Wildman–Crippen LogP) is 3.31. The highest BCUT2D eigenvalue weighted by Crippen LogP contribution is 2.57. The number of aliphatic hydroxyl groups is 1. The van der Waals surface area contributed by atoms with Crippen LogP contribution in [-0.2, 0) is 19.1 Å². The molecule has 3 amide bonds. The zero-order chi connectivity index (χ0) is 28.4. The van der Waals surface area contributed by atoms with Crippen molar-refractivity contribution in [2.75, 3.05) is 36.0 Å². The molecule has 7 rings (SSSR count). The van der Waals surface area contributed by atoms with E-state index in [9.17, 15) is 19.5 Å². The molecule has 2 saturated heterocycles. The Morgan fingerprint density at radius 1 is 0.780 bits per heavy atom. The van der Waals surface area contributed by atoms with Gasteiger partial charge in [0.2, 0.25) is 11.8 Å². The highest BCUT2D eigenvalue weighted by atomic mass is 16.5. The van der Waals surface area contributed by atoms with Crippen LogP contribution in [0.4, 0.5) is 11.4 Å². The van der Waals surface area contributed by atoms with Gasteiger partial charge in [0, 0.05) is 31.0 Å². The van der Waals surface area contributed by atoms with Crippen LogP contribution in [0.5, 0.6) is 0 Å². The van der Waals surface area contributed by atoms with Crippen LogP contribution in [0.2, 0.25) is 0 Å². The lowest BCUT2D eigenvalue weighted by Crippen LogP contribution is -2.56. The number of aliphatic hydroxyl groups excluding tert-OH is 1. The van der Waals surface area contributed by atoms with E-state index < -0.39 is 29.1 Å². The summed E-state index contributed by atoms with van der Waals surface area (Å²) < 4.78 is 6.84. The van der Waals surface area contributed by atoms with Crippen molar-refractivity contribution in [1.29, 1.82) is 0 Å². The minimum atomic E-state index is -1.37. The number of amides is 3. The van der Waals surface area contributed by atoms with Crippen molar-refractivity contribution in [3.63, 3.8) is 0 Å². The first kappa shape index (κ1) is 25.7. The molecule has 4 heterocycles. The van der Waals surface area contributed by atoms with Gasteiger partial charge < -0.3 is 24.5 Å². The molecule has 41 heavy (non-hydrogen) atoms. The highest BCUT2D eigenvalue weighted by molar-refractivity contribution is 6.08. The molecule has 4 aliphatic rings. The van der Waals surface area contributed by atoms with E-state index in [-0.39, 0.29) is 37.4 Å². The number of rotatable bonds is 4. The normalized spacial score (nSPS) is 30.8. The van der Waals surface area contributed by atoms with E-state index in [1.807, 2.05) is 104 Å². The van der Waals surface area contributed by atoms with Gasteiger partial charge >= 0.3 is 0 Å². The zero-order valence-electron chi connectivity index (χ0n) is 22.7. The Labute approximate surface area is 238 Å². The van der Waals surface area contributed by atoms with Crippen LogP contribution in [0.3, 0.4) is 0 Å². The quantitative estimate of drug-likeness (QED) is 0.505. The largest absolute Gasteiger partial charge is 0.395 e. The van der Waals surface area contributed by atoms with Gasteiger partial charge in [0.25, 0.3) is 5.91 Å². The van der Waals surface area contributed by atoms with E-state index in [0.717, 1.165) is 16.5 Å². The maximum Gasteiger partial charge on any atom is 0.253 e. The molecule has 3 aromatic carbocycles. The summed E-state index contributed by atoms with van der Waals surface area (Å²) in [5.74, 6) is -2.66. The number of benzene rings is 3. The van der Waals surface area contributed by atoms with Crippen LogP contribution >= 0.6 is 0 Å². The van der Waals surface area contributed by atoms with Crippen molar-refractivity contribution in [2.45, 2.75) is 24.2 Å². The SMILES string of the molecule is C[C@]12C=CCN(c3ccccc3)C(=O)[C@H]1[C@H]1C(=O)N(CCO)C3C(=O)N(c4ccc5ccccc5c4)CC=C[C@@]31O2. The molecule has 0 radical (unpaired) electrons. The van der Waals surface area contributed by atoms with Crippen molar-refractivity contribution in [1.82, 2.24) is 4.90 Å². The molecule has 0 saturated carbocycles. The van der Waals surface area contributed by atoms with Crippen molar-refractivity contribution >= 4 is 39.9 Å².